The minimum absolute atomic E-state index is 0.0439. The lowest BCUT2D eigenvalue weighted by atomic mass is 10.1. The molecule has 6 atom stereocenters. The van der Waals surface area contributed by atoms with Crippen LogP contribution >= 0.6 is 11.6 Å². The normalized spacial score (nSPS) is 29.8. The Hall–Kier alpha value is -3.23. The molecule has 1 aromatic carbocycles. The van der Waals surface area contributed by atoms with E-state index in [1.165, 1.54) is 12.7 Å². The highest BCUT2D eigenvalue weighted by Gasteiger charge is 2.46. The van der Waals surface area contributed by atoms with Crippen LogP contribution < -0.4 is 15.1 Å². The fourth-order valence-electron chi connectivity index (χ4n) is 6.13. The quantitative estimate of drug-likeness (QED) is 0.510. The van der Waals surface area contributed by atoms with Crippen molar-refractivity contribution in [3.63, 3.8) is 0 Å². The van der Waals surface area contributed by atoms with Crippen LogP contribution in [0.3, 0.4) is 0 Å². The number of amides is 1. The standard InChI is InChI=1S/C28H29ClN6O2/c29-20-3-1-2-16(7-20)22-9-23(22)28(37)33-25-10-27(32-15-31-25)35-14-21(36)8-24(35)17-4-5-26(30-11-17)34-12-18-6-19(18)13-34/h1-5,7,10-11,15,18-19,21-24,36H,6,8-9,12-14H2,(H,31,32,33,37)/t18?,19?,21-,22+,23-,24?/m0/s1. The van der Waals surface area contributed by atoms with Crippen LogP contribution in [0.4, 0.5) is 17.5 Å². The van der Waals surface area contributed by atoms with Crippen LogP contribution in [0.25, 0.3) is 0 Å². The molecule has 0 bridgehead atoms. The molecule has 7 rings (SSSR count). The van der Waals surface area contributed by atoms with E-state index in [1.54, 1.807) is 6.07 Å². The van der Waals surface area contributed by atoms with E-state index in [0.29, 0.717) is 29.6 Å². The van der Waals surface area contributed by atoms with Crippen LogP contribution in [-0.4, -0.2) is 51.7 Å². The molecule has 1 amide bonds. The Morgan fingerprint density at radius 2 is 1.81 bits per heavy atom. The van der Waals surface area contributed by atoms with Gasteiger partial charge in [-0.3, -0.25) is 4.79 Å². The first kappa shape index (κ1) is 22.9. The average molecular weight is 517 g/mol. The Kier molecular flexibility index (Phi) is 5.55. The SMILES string of the molecule is O=C(Nc1cc(N2C[C@@H](O)CC2c2ccc(N3CC4CC4C3)nc2)ncn1)[C@H]1C[C@@H]1c1cccc(Cl)c1. The van der Waals surface area contributed by atoms with Crippen molar-refractivity contribution < 1.29 is 9.90 Å². The molecular formula is C28H29ClN6O2. The summed E-state index contributed by atoms with van der Waals surface area (Å²) in [6.07, 6.45) is 5.70. The van der Waals surface area contributed by atoms with Gasteiger partial charge in [-0.05, 0) is 66.3 Å². The highest BCUT2D eigenvalue weighted by Crippen LogP contribution is 2.48. The number of halogens is 1. The van der Waals surface area contributed by atoms with Crippen LogP contribution in [0, 0.1) is 17.8 Å². The van der Waals surface area contributed by atoms with Gasteiger partial charge in [-0.2, -0.15) is 0 Å². The summed E-state index contributed by atoms with van der Waals surface area (Å²) in [6.45, 7) is 2.69. The number of hydrogen-bond acceptors (Lipinski definition) is 7. The number of aliphatic hydroxyl groups excluding tert-OH is 1. The number of nitrogens with zero attached hydrogens (tertiary/aromatic N) is 5. The van der Waals surface area contributed by atoms with Crippen molar-refractivity contribution in [3.05, 3.63) is 71.1 Å². The summed E-state index contributed by atoms with van der Waals surface area (Å²) in [6, 6.07) is 13.7. The zero-order chi connectivity index (χ0) is 25.1. The minimum Gasteiger partial charge on any atom is -0.391 e. The summed E-state index contributed by atoms with van der Waals surface area (Å²) in [5.74, 6) is 3.93. The molecule has 2 aromatic heterocycles. The van der Waals surface area contributed by atoms with E-state index in [1.807, 2.05) is 30.5 Å². The number of aliphatic hydroxyl groups is 1. The summed E-state index contributed by atoms with van der Waals surface area (Å²) in [4.78, 5) is 30.9. The molecule has 8 nitrogen and oxygen atoms in total. The molecule has 2 saturated heterocycles. The molecule has 9 heteroatoms. The van der Waals surface area contributed by atoms with Gasteiger partial charge in [0.05, 0.1) is 12.1 Å². The van der Waals surface area contributed by atoms with Gasteiger partial charge in [0.15, 0.2) is 0 Å². The Bertz CT molecular complexity index is 1330. The number of fused-ring (bicyclic) bond motifs is 1. The summed E-state index contributed by atoms with van der Waals surface area (Å²) >= 11 is 6.12. The fraction of sp³-hybridized carbons (Fsp3) is 0.429. The number of carbonyl (C=O) groups is 1. The average Bonchev–Trinajstić information content (AvgIpc) is 3.79. The van der Waals surface area contributed by atoms with Gasteiger partial charge in [-0.15, -0.1) is 0 Å². The van der Waals surface area contributed by atoms with Crippen LogP contribution in [0.15, 0.2) is 55.0 Å². The molecule has 37 heavy (non-hydrogen) atoms. The summed E-state index contributed by atoms with van der Waals surface area (Å²) in [5, 5.41) is 14.2. The molecule has 4 heterocycles. The Balaban J connectivity index is 1.04. The Labute approximate surface area is 220 Å². The maximum atomic E-state index is 12.9. The predicted octanol–water partition coefficient (Wildman–Crippen LogP) is 4.04. The van der Waals surface area contributed by atoms with Gasteiger partial charge in [0.25, 0.3) is 0 Å². The van der Waals surface area contributed by atoms with Crippen LogP contribution in [0.2, 0.25) is 5.02 Å². The first-order valence-electron chi connectivity index (χ1n) is 13.1. The molecule has 190 valence electrons. The van der Waals surface area contributed by atoms with Crippen LogP contribution in [0.5, 0.6) is 0 Å². The maximum Gasteiger partial charge on any atom is 0.229 e. The lowest BCUT2D eigenvalue weighted by Crippen LogP contribution is -2.26. The number of nitrogens with one attached hydrogen (secondary N) is 1. The van der Waals surface area contributed by atoms with Crippen LogP contribution in [-0.2, 0) is 4.79 Å². The Morgan fingerprint density at radius 3 is 2.59 bits per heavy atom. The van der Waals surface area contributed by atoms with Gasteiger partial charge >= 0.3 is 0 Å². The molecule has 2 saturated carbocycles. The number of piperidine rings is 1. The number of rotatable bonds is 6. The van der Waals surface area contributed by atoms with Crippen molar-refractivity contribution in [2.45, 2.75) is 37.3 Å². The summed E-state index contributed by atoms with van der Waals surface area (Å²) < 4.78 is 0. The number of aromatic nitrogens is 3. The summed E-state index contributed by atoms with van der Waals surface area (Å²) in [7, 11) is 0. The molecule has 2 aliphatic heterocycles. The number of carbonyl (C=O) groups excluding carboxylic acids is 1. The third-order valence-electron chi connectivity index (χ3n) is 8.34. The van der Waals surface area contributed by atoms with E-state index in [9.17, 15) is 9.90 Å². The van der Waals surface area contributed by atoms with Gasteiger partial charge in [0.1, 0.15) is 23.8 Å². The van der Waals surface area contributed by atoms with E-state index < -0.39 is 6.10 Å². The highest BCUT2D eigenvalue weighted by atomic mass is 35.5. The third kappa shape index (κ3) is 4.53. The van der Waals surface area contributed by atoms with Crippen molar-refractivity contribution in [3.8, 4) is 0 Å². The number of benzene rings is 1. The smallest absolute Gasteiger partial charge is 0.229 e. The molecule has 3 aromatic rings. The van der Waals surface area contributed by atoms with Crippen molar-refractivity contribution in [1.29, 1.82) is 0 Å². The molecule has 3 unspecified atom stereocenters. The predicted molar refractivity (Wildman–Crippen MR) is 142 cm³/mol. The molecule has 0 radical (unpaired) electrons. The maximum absolute atomic E-state index is 12.9. The number of hydrogen-bond donors (Lipinski definition) is 2. The first-order chi connectivity index (χ1) is 18.0. The second kappa shape index (κ2) is 8.96. The molecule has 2 aliphatic carbocycles. The summed E-state index contributed by atoms with van der Waals surface area (Å²) in [5.41, 5.74) is 2.14. The van der Waals surface area contributed by atoms with Crippen LogP contribution in [0.1, 0.15) is 42.3 Å². The molecule has 2 N–H and O–H groups in total. The van der Waals surface area contributed by atoms with Crippen molar-refractivity contribution in [2.75, 3.05) is 34.8 Å². The monoisotopic (exact) mass is 516 g/mol. The third-order valence-corrected chi connectivity index (χ3v) is 8.57. The topological polar surface area (TPSA) is 94.5 Å². The van der Waals surface area contributed by atoms with Crippen molar-refractivity contribution in [1.82, 2.24) is 15.0 Å². The first-order valence-corrected chi connectivity index (χ1v) is 13.4. The van der Waals surface area contributed by atoms with E-state index in [-0.39, 0.29) is 23.8 Å². The second-order valence-electron chi connectivity index (χ2n) is 10.9. The minimum atomic E-state index is -0.465. The molecule has 4 fully saturated rings. The van der Waals surface area contributed by atoms with Crippen molar-refractivity contribution in [2.24, 2.45) is 17.8 Å². The number of pyridine rings is 1. The van der Waals surface area contributed by atoms with Crippen molar-refractivity contribution >= 4 is 35.0 Å². The zero-order valence-corrected chi connectivity index (χ0v) is 21.1. The molecule has 4 aliphatic rings. The largest absolute Gasteiger partial charge is 0.391 e. The zero-order valence-electron chi connectivity index (χ0n) is 20.4. The Morgan fingerprint density at radius 1 is 0.946 bits per heavy atom. The number of anilines is 3. The van der Waals surface area contributed by atoms with E-state index in [2.05, 4.69) is 37.2 Å². The number of β-amino-alcohol motifs (C(OH)–C–C–N with tert-alkyl or cyclic N) is 1. The van der Waals surface area contributed by atoms with Gasteiger partial charge in [0.2, 0.25) is 5.91 Å². The van der Waals surface area contributed by atoms with E-state index in [0.717, 1.165) is 48.3 Å². The van der Waals surface area contributed by atoms with E-state index in [4.69, 9.17) is 16.6 Å². The van der Waals surface area contributed by atoms with Gasteiger partial charge in [0, 0.05) is 42.8 Å². The fourth-order valence-corrected chi connectivity index (χ4v) is 6.33. The highest BCUT2D eigenvalue weighted by molar-refractivity contribution is 6.30. The van der Waals surface area contributed by atoms with Gasteiger partial charge in [-0.25, -0.2) is 15.0 Å². The van der Waals surface area contributed by atoms with Gasteiger partial charge in [-0.1, -0.05) is 29.8 Å². The lowest BCUT2D eigenvalue weighted by molar-refractivity contribution is -0.117. The molecular weight excluding hydrogens is 488 g/mol. The van der Waals surface area contributed by atoms with E-state index >= 15 is 0 Å². The lowest BCUT2D eigenvalue weighted by Gasteiger charge is -2.26. The van der Waals surface area contributed by atoms with Gasteiger partial charge < -0.3 is 20.2 Å². The second-order valence-corrected chi connectivity index (χ2v) is 11.4. The molecule has 0 spiro atoms.